The molecule has 1 saturated heterocycles. The van der Waals surface area contributed by atoms with Crippen molar-refractivity contribution in [1.82, 2.24) is 19.2 Å². The minimum absolute atomic E-state index is 0.122. The van der Waals surface area contributed by atoms with Crippen LogP contribution in [0.2, 0.25) is 0 Å². The monoisotopic (exact) mass is 389 g/mol. The molecule has 6 heteroatoms. The second-order valence-electron chi connectivity index (χ2n) is 8.32. The highest BCUT2D eigenvalue weighted by molar-refractivity contribution is 5.76. The molecule has 2 aromatic heterocycles. The highest BCUT2D eigenvalue weighted by Crippen LogP contribution is 2.43. The van der Waals surface area contributed by atoms with Crippen molar-refractivity contribution in [3.8, 4) is 5.69 Å². The number of hydrogen-bond acceptors (Lipinski definition) is 3. The summed E-state index contributed by atoms with van der Waals surface area (Å²) in [7, 11) is 0. The Morgan fingerprint density at radius 3 is 2.59 bits per heavy atom. The Morgan fingerprint density at radius 1 is 1.10 bits per heavy atom. The summed E-state index contributed by atoms with van der Waals surface area (Å²) in [5, 5.41) is 8.34. The highest BCUT2D eigenvalue weighted by atomic mass is 16.2. The van der Waals surface area contributed by atoms with Gasteiger partial charge < -0.3 is 14.8 Å². The number of rotatable bonds is 2. The molecule has 3 aromatic rings. The lowest BCUT2D eigenvalue weighted by Gasteiger charge is -2.46. The molecular formula is C23H27N5O. The summed E-state index contributed by atoms with van der Waals surface area (Å²) >= 11 is 0. The maximum Gasteiger partial charge on any atom is 0.244 e. The molecule has 5 rings (SSSR count). The number of piperidine rings is 1. The van der Waals surface area contributed by atoms with Gasteiger partial charge in [-0.1, -0.05) is 12.1 Å². The number of nitrogens with one attached hydrogen (secondary N) is 1. The van der Waals surface area contributed by atoms with E-state index in [-0.39, 0.29) is 11.4 Å². The molecule has 0 aliphatic carbocycles. The predicted octanol–water partition coefficient (Wildman–Crippen LogP) is 3.54. The second kappa shape index (κ2) is 6.51. The number of carbonyl (C=O) groups is 1. The number of aromatic nitrogens is 3. The molecule has 6 nitrogen and oxygen atoms in total. The lowest BCUT2D eigenvalue weighted by molar-refractivity contribution is -0.133. The molecule has 0 radical (unpaired) electrons. The number of nitrogens with zero attached hydrogens (tertiary/aromatic N) is 4. The van der Waals surface area contributed by atoms with Crippen molar-refractivity contribution in [2.45, 2.75) is 45.7 Å². The number of anilines is 1. The van der Waals surface area contributed by atoms with Gasteiger partial charge in [0.15, 0.2) is 0 Å². The summed E-state index contributed by atoms with van der Waals surface area (Å²) in [4.78, 5) is 14.9. The van der Waals surface area contributed by atoms with E-state index in [1.54, 1.807) is 0 Å². The third kappa shape index (κ3) is 2.77. The first-order valence-electron chi connectivity index (χ1n) is 10.3. The van der Waals surface area contributed by atoms with Crippen LogP contribution in [0.4, 0.5) is 5.69 Å². The minimum atomic E-state index is -0.122. The Bertz CT molecular complexity index is 1080. The molecule has 1 spiro atoms. The van der Waals surface area contributed by atoms with Gasteiger partial charge in [0.05, 0.1) is 22.6 Å². The van der Waals surface area contributed by atoms with E-state index in [1.165, 1.54) is 16.9 Å². The Hall–Kier alpha value is -3.02. The zero-order chi connectivity index (χ0) is 20.2. The first-order valence-corrected chi connectivity index (χ1v) is 10.3. The van der Waals surface area contributed by atoms with E-state index in [0.29, 0.717) is 6.54 Å². The Balaban J connectivity index is 1.34. The van der Waals surface area contributed by atoms with E-state index >= 15 is 0 Å². The molecule has 1 aromatic carbocycles. The molecule has 0 saturated carbocycles. The number of para-hydroxylation sites is 2. The average molecular weight is 390 g/mol. The van der Waals surface area contributed by atoms with Gasteiger partial charge in [-0.3, -0.25) is 9.48 Å². The number of benzene rings is 1. The van der Waals surface area contributed by atoms with Gasteiger partial charge in [-0.15, -0.1) is 0 Å². The highest BCUT2D eigenvalue weighted by Gasteiger charge is 2.42. The smallest absolute Gasteiger partial charge is 0.244 e. The van der Waals surface area contributed by atoms with Crippen molar-refractivity contribution in [2.24, 2.45) is 0 Å². The Morgan fingerprint density at radius 2 is 1.86 bits per heavy atom. The van der Waals surface area contributed by atoms with E-state index in [2.05, 4.69) is 64.5 Å². The molecule has 0 unspecified atom stereocenters. The number of aryl methyl sites for hydroxylation is 1. The van der Waals surface area contributed by atoms with E-state index in [0.717, 1.165) is 43.0 Å². The van der Waals surface area contributed by atoms with Crippen LogP contribution in [0, 0.1) is 20.8 Å². The molecule has 1 amide bonds. The number of amides is 1. The standard InChI is InChI=1S/C23H27N5O/c1-16-17(2)25-28(18(16)3)15-22(29)26-13-10-23(11-14-26)21-9-6-12-27(21)20-8-5-4-7-19(20)24-23/h4-9,12,24H,10-11,13-15H2,1-3H3. The third-order valence-corrected chi connectivity index (χ3v) is 6.77. The topological polar surface area (TPSA) is 55.1 Å². The summed E-state index contributed by atoms with van der Waals surface area (Å²) in [6, 6.07) is 12.8. The molecule has 150 valence electrons. The fourth-order valence-electron chi connectivity index (χ4n) is 4.78. The van der Waals surface area contributed by atoms with Crippen LogP contribution >= 0.6 is 0 Å². The van der Waals surface area contributed by atoms with Crippen LogP contribution in [0.3, 0.4) is 0 Å². The number of fused-ring (bicyclic) bond motifs is 4. The fraction of sp³-hybridized carbons (Fsp3) is 0.391. The van der Waals surface area contributed by atoms with Crippen LogP contribution in [0.25, 0.3) is 5.69 Å². The molecule has 4 heterocycles. The molecular weight excluding hydrogens is 362 g/mol. The summed E-state index contributed by atoms with van der Waals surface area (Å²) in [5.41, 5.74) is 6.76. The second-order valence-corrected chi connectivity index (χ2v) is 8.32. The zero-order valence-electron chi connectivity index (χ0n) is 17.3. The molecule has 0 atom stereocenters. The van der Waals surface area contributed by atoms with Gasteiger partial charge in [0, 0.05) is 30.7 Å². The van der Waals surface area contributed by atoms with Crippen molar-refractivity contribution < 1.29 is 4.79 Å². The van der Waals surface area contributed by atoms with Crippen LogP contribution < -0.4 is 5.32 Å². The summed E-state index contributed by atoms with van der Waals surface area (Å²) in [6.07, 6.45) is 3.93. The number of hydrogen-bond donors (Lipinski definition) is 1. The zero-order valence-corrected chi connectivity index (χ0v) is 17.3. The van der Waals surface area contributed by atoms with Crippen molar-refractivity contribution in [3.05, 3.63) is 65.2 Å². The van der Waals surface area contributed by atoms with Crippen molar-refractivity contribution in [3.63, 3.8) is 0 Å². The van der Waals surface area contributed by atoms with Gasteiger partial charge in [-0.25, -0.2) is 0 Å². The van der Waals surface area contributed by atoms with E-state index in [1.807, 2.05) is 23.4 Å². The van der Waals surface area contributed by atoms with E-state index < -0.39 is 0 Å². The summed E-state index contributed by atoms with van der Waals surface area (Å²) in [6.45, 7) is 7.90. The quantitative estimate of drug-likeness (QED) is 0.729. The third-order valence-electron chi connectivity index (χ3n) is 6.77. The predicted molar refractivity (Wildman–Crippen MR) is 113 cm³/mol. The SMILES string of the molecule is Cc1nn(CC(=O)N2CCC3(CC2)Nc2ccccc2-n2cccc23)c(C)c1C. The Labute approximate surface area is 171 Å². The first kappa shape index (κ1) is 18.0. The molecule has 1 N–H and O–H groups in total. The molecule has 2 aliphatic rings. The summed E-state index contributed by atoms with van der Waals surface area (Å²) in [5.74, 6) is 0.150. The van der Waals surface area contributed by atoms with Crippen LogP contribution in [-0.4, -0.2) is 38.2 Å². The first-order chi connectivity index (χ1) is 14.0. The van der Waals surface area contributed by atoms with E-state index in [9.17, 15) is 4.79 Å². The van der Waals surface area contributed by atoms with Gasteiger partial charge in [-0.05, 0) is 63.4 Å². The van der Waals surface area contributed by atoms with E-state index in [4.69, 9.17) is 0 Å². The fourth-order valence-corrected chi connectivity index (χ4v) is 4.78. The lowest BCUT2D eigenvalue weighted by atomic mass is 9.82. The van der Waals surface area contributed by atoms with Gasteiger partial charge in [0.2, 0.25) is 5.91 Å². The van der Waals surface area contributed by atoms with Crippen molar-refractivity contribution in [1.29, 1.82) is 0 Å². The van der Waals surface area contributed by atoms with Crippen LogP contribution in [0.5, 0.6) is 0 Å². The van der Waals surface area contributed by atoms with Gasteiger partial charge >= 0.3 is 0 Å². The Kier molecular flexibility index (Phi) is 4.05. The van der Waals surface area contributed by atoms with Gasteiger partial charge in [-0.2, -0.15) is 5.10 Å². The molecule has 2 aliphatic heterocycles. The van der Waals surface area contributed by atoms with Gasteiger partial charge in [0.1, 0.15) is 6.54 Å². The minimum Gasteiger partial charge on any atom is -0.372 e. The largest absolute Gasteiger partial charge is 0.372 e. The molecule has 0 bridgehead atoms. The maximum absolute atomic E-state index is 12.9. The number of likely N-dealkylation sites (tertiary alicyclic amines) is 1. The van der Waals surface area contributed by atoms with Crippen LogP contribution in [0.15, 0.2) is 42.6 Å². The number of carbonyl (C=O) groups excluding carboxylic acids is 1. The molecule has 29 heavy (non-hydrogen) atoms. The van der Waals surface area contributed by atoms with Crippen LogP contribution in [-0.2, 0) is 16.9 Å². The average Bonchev–Trinajstić information content (AvgIpc) is 3.31. The summed E-state index contributed by atoms with van der Waals surface area (Å²) < 4.78 is 4.14. The molecule has 1 fully saturated rings. The normalized spacial score (nSPS) is 17.0. The van der Waals surface area contributed by atoms with Crippen molar-refractivity contribution >= 4 is 11.6 Å². The van der Waals surface area contributed by atoms with Crippen LogP contribution in [0.1, 0.15) is 35.5 Å². The van der Waals surface area contributed by atoms with Gasteiger partial charge in [0.25, 0.3) is 0 Å². The maximum atomic E-state index is 12.9. The lowest BCUT2D eigenvalue weighted by Crippen LogP contribution is -2.51. The van der Waals surface area contributed by atoms with Crippen molar-refractivity contribution in [2.75, 3.05) is 18.4 Å².